The minimum absolute atomic E-state index is 0.223. The molecule has 19 heavy (non-hydrogen) atoms. The number of alkyl halides is 3. The van der Waals surface area contributed by atoms with E-state index < -0.39 is 6.36 Å². The second-order valence-electron chi connectivity index (χ2n) is 3.47. The number of ether oxygens (including phenoxy) is 2. The van der Waals surface area contributed by atoms with Gasteiger partial charge in [-0.3, -0.25) is 4.84 Å². The molecule has 0 saturated carbocycles. The number of halogens is 4. The number of nitrogens with one attached hydrogen (secondary N) is 1. The molecule has 4 nitrogen and oxygen atoms in total. The van der Waals surface area contributed by atoms with Gasteiger partial charge in [0.15, 0.2) is 0 Å². The molecular weight excluding hydrogens is 331 g/mol. The molecule has 0 saturated heterocycles. The molecule has 0 aliphatic rings. The molecule has 8 heteroatoms. The summed E-state index contributed by atoms with van der Waals surface area (Å²) in [5.41, 5.74) is 3.42. The molecule has 0 aromatic heterocycles. The third-order valence-electron chi connectivity index (χ3n) is 1.99. The fraction of sp³-hybridized carbons (Fsp3) is 0.455. The first-order chi connectivity index (χ1) is 8.92. The van der Waals surface area contributed by atoms with Crippen LogP contribution in [0.4, 0.5) is 13.2 Å². The molecule has 0 fully saturated rings. The monoisotopic (exact) mass is 343 g/mol. The van der Waals surface area contributed by atoms with Crippen molar-refractivity contribution in [3.8, 4) is 5.75 Å². The highest BCUT2D eigenvalue weighted by Crippen LogP contribution is 2.30. The Kier molecular flexibility index (Phi) is 6.56. The van der Waals surface area contributed by atoms with Crippen molar-refractivity contribution >= 4 is 15.9 Å². The summed E-state index contributed by atoms with van der Waals surface area (Å²) in [5, 5.41) is 0. The summed E-state index contributed by atoms with van der Waals surface area (Å²) in [4.78, 5) is 5.03. The zero-order valence-corrected chi connectivity index (χ0v) is 11.7. The second-order valence-corrected chi connectivity index (χ2v) is 4.33. The van der Waals surface area contributed by atoms with Crippen molar-refractivity contribution in [1.82, 2.24) is 5.48 Å². The van der Waals surface area contributed by atoms with Gasteiger partial charge >= 0.3 is 6.36 Å². The Morgan fingerprint density at radius 3 is 2.58 bits per heavy atom. The van der Waals surface area contributed by atoms with Gasteiger partial charge in [-0.05, 0) is 33.6 Å². The highest BCUT2D eigenvalue weighted by atomic mass is 79.9. The zero-order valence-electron chi connectivity index (χ0n) is 10.1. The average molecular weight is 344 g/mol. The Morgan fingerprint density at radius 2 is 2.00 bits per heavy atom. The topological polar surface area (TPSA) is 39.7 Å². The van der Waals surface area contributed by atoms with Crippen molar-refractivity contribution < 1.29 is 27.5 Å². The zero-order chi connectivity index (χ0) is 14.3. The molecule has 0 amide bonds. The van der Waals surface area contributed by atoms with Crippen LogP contribution in [0.15, 0.2) is 22.7 Å². The molecule has 1 aromatic carbocycles. The van der Waals surface area contributed by atoms with Crippen LogP contribution >= 0.6 is 15.9 Å². The standard InChI is InChI=1S/C11H13BrF3NO3/c1-17-4-5-18-16-7-8-2-3-10(9(12)6-8)19-11(13,14)15/h2-3,6,16H,4-5,7H2,1H3. The molecule has 0 heterocycles. The van der Waals surface area contributed by atoms with Crippen LogP contribution in [0.5, 0.6) is 5.75 Å². The molecule has 0 atom stereocenters. The number of methoxy groups -OCH3 is 1. The molecule has 108 valence electrons. The van der Waals surface area contributed by atoms with Crippen LogP contribution in [-0.4, -0.2) is 26.7 Å². The minimum atomic E-state index is -4.70. The summed E-state index contributed by atoms with van der Waals surface area (Å²) in [6.07, 6.45) is -4.70. The lowest BCUT2D eigenvalue weighted by Crippen LogP contribution is -2.18. The summed E-state index contributed by atoms with van der Waals surface area (Å²) in [7, 11) is 1.56. The molecule has 0 unspecified atom stereocenters. The fourth-order valence-corrected chi connectivity index (χ4v) is 1.70. The van der Waals surface area contributed by atoms with E-state index in [-0.39, 0.29) is 10.2 Å². The Labute approximate surface area is 116 Å². The van der Waals surface area contributed by atoms with E-state index in [0.29, 0.717) is 19.8 Å². The van der Waals surface area contributed by atoms with Gasteiger partial charge in [0.25, 0.3) is 0 Å². The lowest BCUT2D eigenvalue weighted by molar-refractivity contribution is -0.274. The van der Waals surface area contributed by atoms with Gasteiger partial charge in [-0.1, -0.05) is 6.07 Å². The van der Waals surface area contributed by atoms with E-state index in [1.165, 1.54) is 18.2 Å². The average Bonchev–Trinajstić information content (AvgIpc) is 2.31. The molecule has 0 spiro atoms. The molecule has 1 rings (SSSR count). The van der Waals surface area contributed by atoms with E-state index in [0.717, 1.165) is 5.56 Å². The van der Waals surface area contributed by atoms with Crippen LogP contribution in [0.2, 0.25) is 0 Å². The second kappa shape index (κ2) is 7.68. The third-order valence-corrected chi connectivity index (χ3v) is 2.61. The maximum Gasteiger partial charge on any atom is 0.573 e. The molecular formula is C11H13BrF3NO3. The van der Waals surface area contributed by atoms with Crippen molar-refractivity contribution in [2.75, 3.05) is 20.3 Å². The molecule has 1 N–H and O–H groups in total. The Morgan fingerprint density at radius 1 is 1.26 bits per heavy atom. The van der Waals surface area contributed by atoms with Gasteiger partial charge in [-0.25, -0.2) is 0 Å². The summed E-state index contributed by atoms with van der Waals surface area (Å²) in [6.45, 7) is 1.19. The summed E-state index contributed by atoms with van der Waals surface area (Å²) >= 11 is 3.02. The van der Waals surface area contributed by atoms with E-state index in [4.69, 9.17) is 9.57 Å². The van der Waals surface area contributed by atoms with Crippen LogP contribution in [0.1, 0.15) is 5.56 Å². The first-order valence-corrected chi connectivity index (χ1v) is 6.09. The molecule has 1 aromatic rings. The fourth-order valence-electron chi connectivity index (χ4n) is 1.19. The smallest absolute Gasteiger partial charge is 0.405 e. The van der Waals surface area contributed by atoms with Crippen molar-refractivity contribution in [3.63, 3.8) is 0 Å². The maximum absolute atomic E-state index is 12.1. The van der Waals surface area contributed by atoms with E-state index in [1.54, 1.807) is 7.11 Å². The van der Waals surface area contributed by atoms with Crippen LogP contribution in [0.25, 0.3) is 0 Å². The van der Waals surface area contributed by atoms with Crippen LogP contribution in [0.3, 0.4) is 0 Å². The molecule has 0 bridgehead atoms. The largest absolute Gasteiger partial charge is 0.573 e. The van der Waals surface area contributed by atoms with Gasteiger partial charge < -0.3 is 9.47 Å². The SMILES string of the molecule is COCCONCc1ccc(OC(F)(F)F)c(Br)c1. The summed E-state index contributed by atoms with van der Waals surface area (Å²) < 4.78 is 45.0. The highest BCUT2D eigenvalue weighted by molar-refractivity contribution is 9.10. The van der Waals surface area contributed by atoms with Crippen LogP contribution < -0.4 is 10.2 Å². The third kappa shape index (κ3) is 6.76. The number of hydroxylamine groups is 1. The Bertz CT molecular complexity index is 401. The molecule has 0 radical (unpaired) electrons. The van der Waals surface area contributed by atoms with Gasteiger partial charge in [-0.2, -0.15) is 5.48 Å². The van der Waals surface area contributed by atoms with E-state index in [1.807, 2.05) is 0 Å². The van der Waals surface area contributed by atoms with Crippen molar-refractivity contribution in [2.24, 2.45) is 0 Å². The normalized spacial score (nSPS) is 11.6. The van der Waals surface area contributed by atoms with E-state index in [2.05, 4.69) is 26.1 Å². The Hall–Kier alpha value is -0.830. The first kappa shape index (κ1) is 16.2. The van der Waals surface area contributed by atoms with Gasteiger partial charge in [0.2, 0.25) is 0 Å². The number of benzene rings is 1. The Balaban J connectivity index is 2.47. The van der Waals surface area contributed by atoms with Gasteiger partial charge in [0, 0.05) is 13.7 Å². The van der Waals surface area contributed by atoms with Crippen molar-refractivity contribution in [3.05, 3.63) is 28.2 Å². The van der Waals surface area contributed by atoms with Gasteiger partial charge in [0.1, 0.15) is 5.75 Å². The molecule has 0 aliphatic carbocycles. The highest BCUT2D eigenvalue weighted by Gasteiger charge is 2.31. The van der Waals surface area contributed by atoms with Crippen LogP contribution in [0, 0.1) is 0 Å². The van der Waals surface area contributed by atoms with Gasteiger partial charge in [0.05, 0.1) is 17.7 Å². The van der Waals surface area contributed by atoms with Crippen molar-refractivity contribution in [2.45, 2.75) is 12.9 Å². The summed E-state index contributed by atoms with van der Waals surface area (Å²) in [5.74, 6) is -0.281. The predicted molar refractivity (Wildman–Crippen MR) is 65.5 cm³/mol. The number of rotatable bonds is 7. The molecule has 0 aliphatic heterocycles. The lowest BCUT2D eigenvalue weighted by atomic mass is 10.2. The van der Waals surface area contributed by atoms with E-state index >= 15 is 0 Å². The first-order valence-electron chi connectivity index (χ1n) is 5.30. The maximum atomic E-state index is 12.1. The lowest BCUT2D eigenvalue weighted by Gasteiger charge is -2.12. The van der Waals surface area contributed by atoms with E-state index in [9.17, 15) is 13.2 Å². The summed E-state index contributed by atoms with van der Waals surface area (Å²) in [6, 6.07) is 4.27. The van der Waals surface area contributed by atoms with Crippen molar-refractivity contribution in [1.29, 1.82) is 0 Å². The minimum Gasteiger partial charge on any atom is -0.405 e. The predicted octanol–water partition coefficient (Wildman–Crippen LogP) is 3.02. The number of hydrogen-bond donors (Lipinski definition) is 1. The van der Waals surface area contributed by atoms with Crippen LogP contribution in [-0.2, 0) is 16.1 Å². The quantitative estimate of drug-likeness (QED) is 0.610. The van der Waals surface area contributed by atoms with Gasteiger partial charge in [-0.15, -0.1) is 13.2 Å². The number of hydrogen-bond acceptors (Lipinski definition) is 4.